The fourth-order valence-electron chi connectivity index (χ4n) is 7.19. The Morgan fingerprint density at radius 2 is 1.82 bits per heavy atom. The van der Waals surface area contributed by atoms with Crippen molar-refractivity contribution in [2.45, 2.75) is 43.7 Å². The van der Waals surface area contributed by atoms with Gasteiger partial charge in [-0.15, -0.1) is 0 Å². The number of ketones is 1. The topological polar surface area (TPSA) is 111 Å². The van der Waals surface area contributed by atoms with E-state index in [-0.39, 0.29) is 29.3 Å². The molecule has 0 radical (unpaired) electrons. The highest BCUT2D eigenvalue weighted by Crippen LogP contribution is 2.61. The zero-order valence-electron chi connectivity index (χ0n) is 22.7. The second-order valence-corrected chi connectivity index (χ2v) is 10.6. The second-order valence-electron chi connectivity index (χ2n) is 10.6. The molecule has 3 unspecified atom stereocenters. The number of hydrogen-bond donors (Lipinski definition) is 1. The minimum absolute atomic E-state index is 0.0148. The first-order chi connectivity index (χ1) is 19.3. The number of rotatable bonds is 7. The number of nitro benzene ring substituents is 1. The number of nitrogens with zero attached hydrogens (tertiary/aromatic N) is 2. The third-order valence-corrected chi connectivity index (χ3v) is 8.91. The van der Waals surface area contributed by atoms with Gasteiger partial charge < -0.3 is 14.8 Å². The summed E-state index contributed by atoms with van der Waals surface area (Å²) in [5.74, 6) is -0.576. The fourth-order valence-corrected chi connectivity index (χ4v) is 7.19. The summed E-state index contributed by atoms with van der Waals surface area (Å²) >= 11 is 0. The molecule has 3 heterocycles. The molecule has 9 nitrogen and oxygen atoms in total. The highest BCUT2D eigenvalue weighted by molar-refractivity contribution is 6.12. The van der Waals surface area contributed by atoms with Crippen LogP contribution < -0.4 is 14.8 Å². The number of hydrogen-bond acceptors (Lipinski definition) is 7. The Morgan fingerprint density at radius 3 is 2.50 bits per heavy atom. The molecule has 1 spiro atoms. The highest BCUT2D eigenvalue weighted by Gasteiger charge is 2.69. The average molecular weight is 542 g/mol. The number of carbonyl (C=O) groups is 2. The van der Waals surface area contributed by atoms with Gasteiger partial charge in [0.25, 0.3) is 5.69 Å². The van der Waals surface area contributed by atoms with Crippen LogP contribution in [-0.4, -0.2) is 48.3 Å². The van der Waals surface area contributed by atoms with E-state index in [0.717, 1.165) is 41.6 Å². The third kappa shape index (κ3) is 3.64. The molecular weight excluding hydrogens is 510 g/mol. The van der Waals surface area contributed by atoms with Crippen LogP contribution >= 0.6 is 0 Å². The Hall–Kier alpha value is -4.24. The number of anilines is 1. The van der Waals surface area contributed by atoms with Crippen molar-refractivity contribution in [1.82, 2.24) is 4.90 Å². The molecule has 0 bridgehead atoms. The second kappa shape index (κ2) is 9.75. The van der Waals surface area contributed by atoms with Gasteiger partial charge in [0, 0.05) is 40.9 Å². The van der Waals surface area contributed by atoms with Crippen LogP contribution in [0.1, 0.15) is 52.7 Å². The van der Waals surface area contributed by atoms with Crippen molar-refractivity contribution in [2.24, 2.45) is 5.92 Å². The molecule has 3 aliphatic rings. The van der Waals surface area contributed by atoms with Crippen LogP contribution in [-0.2, 0) is 16.8 Å². The summed E-state index contributed by atoms with van der Waals surface area (Å²) in [7, 11) is 3.06. The summed E-state index contributed by atoms with van der Waals surface area (Å²) in [6.45, 7) is 2.74. The van der Waals surface area contributed by atoms with Crippen molar-refractivity contribution in [3.63, 3.8) is 0 Å². The van der Waals surface area contributed by atoms with Gasteiger partial charge >= 0.3 is 0 Å². The SMILES string of the molecule is CCc1ccc2c(c1)[C@]1(C(=O)N2)C(C(=O)c2ccc(OC)c(OC)c2)C(c2ccc([N+](=O)[O-])cc2)C2CCCN21. The lowest BCUT2D eigenvalue weighted by molar-refractivity contribution is -0.384. The number of fused-ring (bicyclic) bond motifs is 4. The van der Waals surface area contributed by atoms with Crippen molar-refractivity contribution in [3.05, 3.63) is 93.0 Å². The Morgan fingerprint density at radius 1 is 1.07 bits per heavy atom. The Kier molecular flexibility index (Phi) is 6.34. The summed E-state index contributed by atoms with van der Waals surface area (Å²) in [6, 6.07) is 17.4. The van der Waals surface area contributed by atoms with Crippen molar-refractivity contribution in [3.8, 4) is 11.5 Å². The number of aryl methyl sites for hydroxylation is 1. The molecule has 3 aliphatic heterocycles. The monoisotopic (exact) mass is 541 g/mol. The lowest BCUT2D eigenvalue weighted by Crippen LogP contribution is -2.52. The number of ether oxygens (including phenoxy) is 2. The van der Waals surface area contributed by atoms with Crippen LogP contribution in [0.4, 0.5) is 11.4 Å². The fraction of sp³-hybridized carbons (Fsp3) is 0.355. The number of nitro groups is 1. The molecule has 2 fully saturated rings. The summed E-state index contributed by atoms with van der Waals surface area (Å²) in [6.07, 6.45) is 2.50. The van der Waals surface area contributed by atoms with Crippen LogP contribution in [0, 0.1) is 16.0 Å². The lowest BCUT2D eigenvalue weighted by atomic mass is 9.68. The molecule has 206 valence electrons. The first-order valence-electron chi connectivity index (χ1n) is 13.6. The standard InChI is InChI=1S/C31H31N3O6/c1-4-18-7-13-23-22(16-18)31(30(36)32-23)28(29(35)20-10-14-25(39-2)26(17-20)40-3)27(24-6-5-15-33(24)31)19-8-11-21(12-9-19)34(37)38/h7-14,16-17,24,27-28H,4-6,15H2,1-3H3,(H,32,36)/t24?,27?,28?,31-/m1/s1. The smallest absolute Gasteiger partial charge is 0.269 e. The molecule has 6 rings (SSSR count). The lowest BCUT2D eigenvalue weighted by Gasteiger charge is -2.37. The molecule has 0 saturated carbocycles. The van der Waals surface area contributed by atoms with Crippen molar-refractivity contribution >= 4 is 23.1 Å². The number of benzene rings is 3. The molecule has 9 heteroatoms. The molecular formula is C31H31N3O6. The molecule has 1 amide bonds. The minimum Gasteiger partial charge on any atom is -0.493 e. The predicted molar refractivity (Wildman–Crippen MR) is 149 cm³/mol. The van der Waals surface area contributed by atoms with E-state index in [1.54, 1.807) is 30.3 Å². The van der Waals surface area contributed by atoms with E-state index >= 15 is 0 Å². The Balaban J connectivity index is 1.59. The van der Waals surface area contributed by atoms with E-state index in [9.17, 15) is 19.7 Å². The Bertz CT molecular complexity index is 1520. The van der Waals surface area contributed by atoms with E-state index in [2.05, 4.69) is 23.2 Å². The van der Waals surface area contributed by atoms with Crippen molar-refractivity contribution in [2.75, 3.05) is 26.1 Å². The molecule has 40 heavy (non-hydrogen) atoms. The minimum atomic E-state index is -1.21. The van der Waals surface area contributed by atoms with E-state index < -0.39 is 16.4 Å². The molecule has 3 aromatic carbocycles. The van der Waals surface area contributed by atoms with Crippen LogP contribution in [0.25, 0.3) is 0 Å². The maximum atomic E-state index is 14.8. The highest BCUT2D eigenvalue weighted by atomic mass is 16.6. The first-order valence-corrected chi connectivity index (χ1v) is 13.6. The van der Waals surface area contributed by atoms with Gasteiger partial charge in [-0.1, -0.05) is 31.2 Å². The molecule has 0 aliphatic carbocycles. The largest absolute Gasteiger partial charge is 0.493 e. The summed E-state index contributed by atoms with van der Waals surface area (Å²) in [5.41, 5.74) is 2.64. The predicted octanol–water partition coefficient (Wildman–Crippen LogP) is 5.08. The van der Waals surface area contributed by atoms with Gasteiger partial charge in [0.15, 0.2) is 17.3 Å². The van der Waals surface area contributed by atoms with Gasteiger partial charge in [0.1, 0.15) is 5.54 Å². The molecule has 0 aromatic heterocycles. The van der Waals surface area contributed by atoms with Crippen molar-refractivity contribution < 1.29 is 24.0 Å². The quantitative estimate of drug-likeness (QED) is 0.252. The van der Waals surface area contributed by atoms with E-state index in [1.165, 1.54) is 26.4 Å². The van der Waals surface area contributed by atoms with Gasteiger partial charge in [-0.2, -0.15) is 0 Å². The normalized spacial score (nSPS) is 25.0. The first kappa shape index (κ1) is 26.0. The zero-order chi connectivity index (χ0) is 28.2. The van der Waals surface area contributed by atoms with Gasteiger partial charge in [0.2, 0.25) is 5.91 Å². The number of amides is 1. The summed E-state index contributed by atoms with van der Waals surface area (Å²) in [5, 5.41) is 14.5. The molecule has 4 atom stereocenters. The van der Waals surface area contributed by atoms with Gasteiger partial charge in [-0.25, -0.2) is 0 Å². The number of carbonyl (C=O) groups excluding carboxylic acids is 2. The number of Topliss-reactive ketones (excluding diaryl/α,β-unsaturated/α-hetero) is 1. The van der Waals surface area contributed by atoms with Crippen LogP contribution in [0.2, 0.25) is 0 Å². The third-order valence-electron chi connectivity index (χ3n) is 8.91. The van der Waals surface area contributed by atoms with Gasteiger partial charge in [-0.3, -0.25) is 24.6 Å². The van der Waals surface area contributed by atoms with E-state index in [4.69, 9.17) is 9.47 Å². The van der Waals surface area contributed by atoms with E-state index in [0.29, 0.717) is 23.6 Å². The number of non-ortho nitro benzene ring substituents is 1. The molecule has 1 N–H and O–H groups in total. The van der Waals surface area contributed by atoms with Crippen LogP contribution in [0.3, 0.4) is 0 Å². The van der Waals surface area contributed by atoms with Crippen LogP contribution in [0.15, 0.2) is 60.7 Å². The average Bonchev–Trinajstić information content (AvgIpc) is 3.64. The zero-order valence-corrected chi connectivity index (χ0v) is 22.7. The van der Waals surface area contributed by atoms with Gasteiger partial charge in [0.05, 0.1) is 25.1 Å². The Labute approximate surface area is 232 Å². The van der Waals surface area contributed by atoms with E-state index in [1.807, 2.05) is 12.1 Å². The summed E-state index contributed by atoms with van der Waals surface area (Å²) in [4.78, 5) is 42.2. The number of nitrogens with one attached hydrogen (secondary N) is 1. The van der Waals surface area contributed by atoms with Gasteiger partial charge in [-0.05, 0) is 61.2 Å². The number of methoxy groups -OCH3 is 2. The maximum absolute atomic E-state index is 14.8. The molecule has 2 saturated heterocycles. The molecule has 3 aromatic rings. The van der Waals surface area contributed by atoms with Crippen LogP contribution in [0.5, 0.6) is 11.5 Å². The maximum Gasteiger partial charge on any atom is 0.269 e. The van der Waals surface area contributed by atoms with Crippen molar-refractivity contribution in [1.29, 1.82) is 0 Å². The summed E-state index contributed by atoms with van der Waals surface area (Å²) < 4.78 is 10.9.